The molecule has 0 aromatic heterocycles. The van der Waals surface area contributed by atoms with Crippen LogP contribution in [0.1, 0.15) is 59.8 Å². The van der Waals surface area contributed by atoms with Crippen LogP contribution in [0.5, 0.6) is 0 Å². The van der Waals surface area contributed by atoms with E-state index >= 15 is 0 Å². The Hall–Kier alpha value is -0.440. The van der Waals surface area contributed by atoms with Gasteiger partial charge in [-0.25, -0.2) is 0 Å². The van der Waals surface area contributed by atoms with Gasteiger partial charge in [-0.2, -0.15) is 0 Å². The van der Waals surface area contributed by atoms with E-state index < -0.39 is 0 Å². The Kier molecular flexibility index (Phi) is 7.90. The van der Waals surface area contributed by atoms with Crippen molar-refractivity contribution in [3.63, 3.8) is 0 Å². The normalized spacial score (nSPS) is 12.4. The fourth-order valence-corrected chi connectivity index (χ4v) is 1.37. The van der Waals surface area contributed by atoms with Crippen LogP contribution in [0, 0.1) is 23.7 Å². The Morgan fingerprint density at radius 1 is 0.923 bits per heavy atom. The van der Waals surface area contributed by atoms with Crippen LogP contribution in [0.3, 0.4) is 0 Å². The van der Waals surface area contributed by atoms with Gasteiger partial charge in [0.15, 0.2) is 0 Å². The molecule has 0 N–H and O–H groups in total. The molecule has 0 rings (SSSR count). The zero-order chi connectivity index (χ0) is 10.1. The maximum Gasteiger partial charge on any atom is 0.0202 e. The highest BCUT2D eigenvalue weighted by Gasteiger charge is 2.02. The molecule has 0 bridgehead atoms. The van der Waals surface area contributed by atoms with Gasteiger partial charge in [0, 0.05) is 11.8 Å². The van der Waals surface area contributed by atoms with Gasteiger partial charge < -0.3 is 0 Å². The van der Waals surface area contributed by atoms with Gasteiger partial charge >= 0.3 is 0 Å². The summed E-state index contributed by atoms with van der Waals surface area (Å²) in [5, 5.41) is 0. The van der Waals surface area contributed by atoms with Crippen LogP contribution in [0.15, 0.2) is 0 Å². The third-order valence-electron chi connectivity index (χ3n) is 2.12. The van der Waals surface area contributed by atoms with Crippen molar-refractivity contribution in [1.82, 2.24) is 0 Å². The van der Waals surface area contributed by atoms with E-state index in [9.17, 15) is 0 Å². The van der Waals surface area contributed by atoms with Gasteiger partial charge in [-0.15, -0.1) is 5.92 Å². The summed E-state index contributed by atoms with van der Waals surface area (Å²) < 4.78 is 0. The molecule has 0 fully saturated rings. The van der Waals surface area contributed by atoms with Crippen molar-refractivity contribution in [2.75, 3.05) is 0 Å². The van der Waals surface area contributed by atoms with Gasteiger partial charge in [0.2, 0.25) is 0 Å². The highest BCUT2D eigenvalue weighted by Crippen LogP contribution is 2.13. The minimum atomic E-state index is 0.529. The molecule has 1 atom stereocenters. The van der Waals surface area contributed by atoms with E-state index in [0.717, 1.165) is 0 Å². The van der Waals surface area contributed by atoms with E-state index in [1.807, 2.05) is 0 Å². The smallest absolute Gasteiger partial charge is 0.0202 e. The second-order valence-electron chi connectivity index (χ2n) is 4.07. The molecule has 13 heavy (non-hydrogen) atoms. The molecular weight excluding hydrogens is 156 g/mol. The fraction of sp³-hybridized carbons (Fsp3) is 0.846. The molecule has 76 valence electrons. The summed E-state index contributed by atoms with van der Waals surface area (Å²) in [4.78, 5) is 0. The van der Waals surface area contributed by atoms with Crippen LogP contribution in [0.2, 0.25) is 0 Å². The first-order chi connectivity index (χ1) is 6.20. The minimum Gasteiger partial charge on any atom is -0.100 e. The highest BCUT2D eigenvalue weighted by molar-refractivity contribution is 5.05. The molecule has 0 saturated heterocycles. The molecule has 0 heterocycles. The van der Waals surface area contributed by atoms with Gasteiger partial charge in [-0.3, -0.25) is 0 Å². The molecule has 0 saturated carbocycles. The van der Waals surface area contributed by atoms with Crippen LogP contribution in [-0.2, 0) is 0 Å². The van der Waals surface area contributed by atoms with Crippen molar-refractivity contribution in [2.24, 2.45) is 11.8 Å². The zero-order valence-electron chi connectivity index (χ0n) is 9.69. The molecule has 0 aliphatic heterocycles. The van der Waals surface area contributed by atoms with Crippen LogP contribution in [0.25, 0.3) is 0 Å². The molecule has 0 spiro atoms. The van der Waals surface area contributed by atoms with Gasteiger partial charge in [-0.05, 0) is 12.8 Å². The molecule has 0 aliphatic carbocycles. The number of hydrogen-bond acceptors (Lipinski definition) is 0. The van der Waals surface area contributed by atoms with Crippen LogP contribution < -0.4 is 0 Å². The topological polar surface area (TPSA) is 0 Å². The van der Waals surface area contributed by atoms with Crippen molar-refractivity contribution < 1.29 is 0 Å². The van der Waals surface area contributed by atoms with Crippen molar-refractivity contribution in [3.8, 4) is 11.8 Å². The van der Waals surface area contributed by atoms with E-state index in [4.69, 9.17) is 0 Å². The first-order valence-corrected chi connectivity index (χ1v) is 5.71. The maximum atomic E-state index is 3.40. The summed E-state index contributed by atoms with van der Waals surface area (Å²) in [6.07, 6.45) is 6.46. The van der Waals surface area contributed by atoms with Crippen LogP contribution in [-0.4, -0.2) is 0 Å². The van der Waals surface area contributed by atoms with Gasteiger partial charge in [0.05, 0.1) is 0 Å². The molecular formula is C13H24. The molecule has 0 aromatic rings. The predicted molar refractivity (Wildman–Crippen MR) is 60.5 cm³/mol. The summed E-state index contributed by atoms with van der Waals surface area (Å²) in [6.45, 7) is 8.82. The summed E-state index contributed by atoms with van der Waals surface area (Å²) in [6, 6.07) is 0. The standard InChI is InChI=1S/C13H24/c1-5-7-9-13(8-6-2)11-10-12(3)4/h12-13H,5-9H2,1-4H3. The van der Waals surface area contributed by atoms with Crippen LogP contribution in [0.4, 0.5) is 0 Å². The lowest BCUT2D eigenvalue weighted by molar-refractivity contribution is 0.526. The first-order valence-electron chi connectivity index (χ1n) is 5.71. The highest BCUT2D eigenvalue weighted by atomic mass is 14.1. The third-order valence-corrected chi connectivity index (χ3v) is 2.12. The fourth-order valence-electron chi connectivity index (χ4n) is 1.37. The lowest BCUT2D eigenvalue weighted by Gasteiger charge is -2.07. The van der Waals surface area contributed by atoms with Gasteiger partial charge in [0.1, 0.15) is 0 Å². The van der Waals surface area contributed by atoms with Crippen molar-refractivity contribution >= 4 is 0 Å². The molecule has 0 heteroatoms. The third kappa shape index (κ3) is 7.91. The Morgan fingerprint density at radius 2 is 1.62 bits per heavy atom. The lowest BCUT2D eigenvalue weighted by Crippen LogP contribution is -1.97. The molecule has 0 aromatic carbocycles. The molecule has 0 nitrogen and oxygen atoms in total. The first kappa shape index (κ1) is 12.6. The average molecular weight is 180 g/mol. The second-order valence-corrected chi connectivity index (χ2v) is 4.07. The van der Waals surface area contributed by atoms with Gasteiger partial charge in [-0.1, -0.05) is 52.9 Å². The predicted octanol–water partition coefficient (Wildman–Crippen LogP) is 4.25. The Labute approximate surface area is 84.1 Å². The Morgan fingerprint density at radius 3 is 2.08 bits per heavy atom. The molecule has 1 unspecified atom stereocenters. The monoisotopic (exact) mass is 180 g/mol. The second kappa shape index (κ2) is 8.17. The largest absolute Gasteiger partial charge is 0.100 e. The number of hydrogen-bond donors (Lipinski definition) is 0. The average Bonchev–Trinajstić information content (AvgIpc) is 2.09. The Bertz CT molecular complexity index is 157. The Balaban J connectivity index is 3.87. The van der Waals surface area contributed by atoms with E-state index in [0.29, 0.717) is 11.8 Å². The van der Waals surface area contributed by atoms with E-state index in [-0.39, 0.29) is 0 Å². The molecule has 0 amide bonds. The van der Waals surface area contributed by atoms with Crippen molar-refractivity contribution in [1.29, 1.82) is 0 Å². The number of rotatable bonds is 5. The summed E-state index contributed by atoms with van der Waals surface area (Å²) in [7, 11) is 0. The maximum absolute atomic E-state index is 3.40. The van der Waals surface area contributed by atoms with E-state index in [1.165, 1.54) is 32.1 Å². The number of unbranched alkanes of at least 4 members (excludes halogenated alkanes) is 1. The molecule has 0 radical (unpaired) electrons. The zero-order valence-corrected chi connectivity index (χ0v) is 9.69. The summed E-state index contributed by atoms with van der Waals surface area (Å²) in [5.74, 6) is 7.88. The quantitative estimate of drug-likeness (QED) is 0.555. The SMILES string of the molecule is CCCCC(C#CC(C)C)CCC. The van der Waals surface area contributed by atoms with Gasteiger partial charge in [0.25, 0.3) is 0 Å². The van der Waals surface area contributed by atoms with Crippen molar-refractivity contribution in [2.45, 2.75) is 59.8 Å². The minimum absolute atomic E-state index is 0.529. The summed E-state index contributed by atoms with van der Waals surface area (Å²) >= 11 is 0. The van der Waals surface area contributed by atoms with E-state index in [1.54, 1.807) is 0 Å². The van der Waals surface area contributed by atoms with Crippen LogP contribution >= 0.6 is 0 Å². The summed E-state index contributed by atoms with van der Waals surface area (Å²) in [5.41, 5.74) is 0. The molecule has 0 aliphatic rings. The van der Waals surface area contributed by atoms with E-state index in [2.05, 4.69) is 39.5 Å². The lowest BCUT2D eigenvalue weighted by atomic mass is 9.97. The van der Waals surface area contributed by atoms with Crippen molar-refractivity contribution in [3.05, 3.63) is 0 Å².